The highest BCUT2D eigenvalue weighted by Crippen LogP contribution is 2.19. The van der Waals surface area contributed by atoms with E-state index >= 15 is 0 Å². The number of rotatable bonds is 4. The molecule has 0 atom stereocenters. The second-order valence-electron chi connectivity index (χ2n) is 2.90. The molecule has 9 heavy (non-hydrogen) atoms. The van der Waals surface area contributed by atoms with Crippen LogP contribution in [0.1, 0.15) is 12.8 Å². The van der Waals surface area contributed by atoms with Crippen LogP contribution in [0.3, 0.4) is 0 Å². The Kier molecular flexibility index (Phi) is 4.49. The summed E-state index contributed by atoms with van der Waals surface area (Å²) in [6.45, 7) is 7.41. The fourth-order valence-electron chi connectivity index (χ4n) is 0.667. The van der Waals surface area contributed by atoms with Crippen LogP contribution in [0.2, 0.25) is 19.1 Å². The minimum absolute atomic E-state index is 0.930. The summed E-state index contributed by atoms with van der Waals surface area (Å²) in [5.41, 5.74) is 0. The van der Waals surface area contributed by atoms with E-state index in [1.807, 2.05) is 6.08 Å². The molecule has 54 valence electrons. The number of halogens is 1. The van der Waals surface area contributed by atoms with Gasteiger partial charge in [0.05, 0.1) is 0 Å². The molecule has 0 heterocycles. The number of hydrogen-bond donors (Lipinski definition) is 0. The van der Waals surface area contributed by atoms with Crippen LogP contribution in [-0.4, -0.2) is 6.69 Å². The van der Waals surface area contributed by atoms with Gasteiger partial charge in [-0.25, -0.2) is 0 Å². The number of allylic oxidation sites excluding steroid dienone is 1. The number of hydrogen-bond acceptors (Lipinski definition) is 0. The van der Waals surface area contributed by atoms with Crippen LogP contribution >= 0.6 is 15.3 Å². The van der Waals surface area contributed by atoms with Gasteiger partial charge in [-0.05, 0) is 12.5 Å². The minimum Gasteiger partial charge on any atom is -0.127 e. The fraction of sp³-hybridized carbons (Fsp3) is 0.714. The SMILES string of the molecule is C=CCCC[Si](C)(C)Br. The average Bonchev–Trinajstić information content (AvgIpc) is 1.63. The summed E-state index contributed by atoms with van der Waals surface area (Å²) >= 11 is 3.71. The Balaban J connectivity index is 3.17. The van der Waals surface area contributed by atoms with Crippen LogP contribution in [0.15, 0.2) is 12.7 Å². The van der Waals surface area contributed by atoms with Gasteiger partial charge in [0.25, 0.3) is 0 Å². The molecular weight excluding hydrogens is 192 g/mol. The smallest absolute Gasteiger partial charge is 0.124 e. The average molecular weight is 207 g/mol. The molecule has 0 aliphatic rings. The first-order valence-electron chi connectivity index (χ1n) is 3.36. The van der Waals surface area contributed by atoms with Crippen molar-refractivity contribution < 1.29 is 0 Å². The van der Waals surface area contributed by atoms with Crippen molar-refractivity contribution in [3.63, 3.8) is 0 Å². The third-order valence-corrected chi connectivity index (χ3v) is 3.91. The Morgan fingerprint density at radius 2 is 2.11 bits per heavy atom. The van der Waals surface area contributed by atoms with Crippen LogP contribution in [0.4, 0.5) is 0 Å². The Hall–Kier alpha value is 0.437. The first-order valence-corrected chi connectivity index (χ1v) is 8.82. The van der Waals surface area contributed by atoms with E-state index in [9.17, 15) is 0 Å². The van der Waals surface area contributed by atoms with Crippen LogP contribution in [0.25, 0.3) is 0 Å². The monoisotopic (exact) mass is 206 g/mol. The van der Waals surface area contributed by atoms with Crippen LogP contribution in [0.5, 0.6) is 0 Å². The maximum absolute atomic E-state index is 3.71. The first kappa shape index (κ1) is 9.44. The van der Waals surface area contributed by atoms with E-state index in [-0.39, 0.29) is 0 Å². The standard InChI is InChI=1S/C7H15BrSi/c1-4-5-6-7-9(2,3)8/h4H,1,5-7H2,2-3H3. The molecule has 0 aromatic carbocycles. The predicted molar refractivity (Wildman–Crippen MR) is 50.6 cm³/mol. The van der Waals surface area contributed by atoms with Crippen molar-refractivity contribution in [3.8, 4) is 0 Å². The molecule has 0 amide bonds. The maximum Gasteiger partial charge on any atom is 0.124 e. The molecule has 0 aromatic heterocycles. The van der Waals surface area contributed by atoms with E-state index in [1.54, 1.807) is 0 Å². The largest absolute Gasteiger partial charge is 0.127 e. The Bertz CT molecular complexity index is 83.4. The second-order valence-corrected chi connectivity index (χ2v) is 13.3. The van der Waals surface area contributed by atoms with Gasteiger partial charge in [-0.1, -0.05) is 25.6 Å². The molecule has 0 bridgehead atoms. The second kappa shape index (κ2) is 4.28. The molecule has 0 unspecified atom stereocenters. The lowest BCUT2D eigenvalue weighted by molar-refractivity contribution is 0.944. The third-order valence-electron chi connectivity index (χ3n) is 1.18. The van der Waals surface area contributed by atoms with Gasteiger partial charge in [-0.15, -0.1) is 21.9 Å². The van der Waals surface area contributed by atoms with Gasteiger partial charge in [0.15, 0.2) is 0 Å². The molecule has 0 rings (SSSR count). The lowest BCUT2D eigenvalue weighted by Crippen LogP contribution is -2.13. The molecule has 0 aliphatic heterocycles. The van der Waals surface area contributed by atoms with Crippen LogP contribution in [-0.2, 0) is 0 Å². The van der Waals surface area contributed by atoms with Gasteiger partial charge in [-0.2, -0.15) is 0 Å². The summed E-state index contributed by atoms with van der Waals surface area (Å²) in [4.78, 5) is 0. The van der Waals surface area contributed by atoms with Gasteiger partial charge in [0.2, 0.25) is 0 Å². The molecule has 2 heteroatoms. The lowest BCUT2D eigenvalue weighted by Gasteiger charge is -2.10. The maximum atomic E-state index is 3.71. The zero-order valence-electron chi connectivity index (χ0n) is 6.28. The van der Waals surface area contributed by atoms with Gasteiger partial charge < -0.3 is 0 Å². The van der Waals surface area contributed by atoms with Gasteiger partial charge >= 0.3 is 0 Å². The van der Waals surface area contributed by atoms with E-state index in [4.69, 9.17) is 0 Å². The molecular formula is C7H15BrSi. The van der Waals surface area contributed by atoms with E-state index in [0.717, 1.165) is 0 Å². The van der Waals surface area contributed by atoms with E-state index in [0.29, 0.717) is 0 Å². The summed E-state index contributed by atoms with van der Waals surface area (Å²) < 4.78 is 0. The topological polar surface area (TPSA) is 0 Å². The first-order chi connectivity index (χ1) is 4.06. The lowest BCUT2D eigenvalue weighted by atomic mass is 10.3. The summed E-state index contributed by atoms with van der Waals surface area (Å²) in [5, 5.41) is 0. The van der Waals surface area contributed by atoms with Crippen molar-refractivity contribution in [2.45, 2.75) is 32.0 Å². The Morgan fingerprint density at radius 1 is 1.56 bits per heavy atom. The van der Waals surface area contributed by atoms with Crippen molar-refractivity contribution >= 4 is 22.0 Å². The van der Waals surface area contributed by atoms with Crippen molar-refractivity contribution in [2.75, 3.05) is 0 Å². The zero-order chi connectivity index (χ0) is 7.33. The molecule has 0 radical (unpaired) electrons. The predicted octanol–water partition coefficient (Wildman–Crippen LogP) is 3.55. The van der Waals surface area contributed by atoms with Crippen molar-refractivity contribution in [1.29, 1.82) is 0 Å². The highest BCUT2D eigenvalue weighted by atomic mass is 79.9. The highest BCUT2D eigenvalue weighted by Gasteiger charge is 2.13. The fourth-order valence-corrected chi connectivity index (χ4v) is 2.55. The quantitative estimate of drug-likeness (QED) is 0.286. The van der Waals surface area contributed by atoms with Gasteiger partial charge in [0, 0.05) is 0 Å². The van der Waals surface area contributed by atoms with Gasteiger partial charge in [0.1, 0.15) is 6.69 Å². The molecule has 0 aliphatic carbocycles. The van der Waals surface area contributed by atoms with Crippen LogP contribution < -0.4 is 0 Å². The highest BCUT2D eigenvalue weighted by molar-refractivity contribution is 9.26. The number of unbranched alkanes of at least 4 members (excludes halogenated alkanes) is 1. The van der Waals surface area contributed by atoms with Crippen LogP contribution in [0, 0.1) is 0 Å². The molecule has 0 aromatic rings. The molecule has 0 nitrogen and oxygen atoms in total. The van der Waals surface area contributed by atoms with Gasteiger partial charge in [-0.3, -0.25) is 0 Å². The van der Waals surface area contributed by atoms with Crippen molar-refractivity contribution in [2.24, 2.45) is 0 Å². The Labute approximate surface area is 66.9 Å². The van der Waals surface area contributed by atoms with E-state index in [2.05, 4.69) is 35.0 Å². The molecule has 0 saturated heterocycles. The van der Waals surface area contributed by atoms with E-state index < -0.39 is 6.69 Å². The molecule has 0 fully saturated rings. The summed E-state index contributed by atoms with van der Waals surface area (Å²) in [5.74, 6) is 0. The normalized spacial score (nSPS) is 11.4. The Morgan fingerprint density at radius 3 is 2.44 bits per heavy atom. The summed E-state index contributed by atoms with van der Waals surface area (Å²) in [7, 11) is 0. The molecule has 0 saturated carbocycles. The zero-order valence-corrected chi connectivity index (χ0v) is 8.87. The summed E-state index contributed by atoms with van der Waals surface area (Å²) in [6, 6.07) is 1.36. The van der Waals surface area contributed by atoms with Crippen molar-refractivity contribution in [1.82, 2.24) is 0 Å². The third kappa shape index (κ3) is 8.44. The summed E-state index contributed by atoms with van der Waals surface area (Å²) in [6.07, 6.45) is 4.46. The molecule has 0 N–H and O–H groups in total. The molecule has 0 spiro atoms. The minimum atomic E-state index is -0.930. The van der Waals surface area contributed by atoms with E-state index in [1.165, 1.54) is 18.9 Å². The van der Waals surface area contributed by atoms with Crippen molar-refractivity contribution in [3.05, 3.63) is 12.7 Å².